The first-order valence-electron chi connectivity index (χ1n) is 5.81. The fraction of sp³-hybridized carbons (Fsp3) is 0.143. The van der Waals surface area contributed by atoms with Crippen molar-refractivity contribution in [2.24, 2.45) is 0 Å². The van der Waals surface area contributed by atoms with Crippen molar-refractivity contribution in [2.45, 2.75) is 13.2 Å². The number of benzene rings is 1. The Morgan fingerprint density at radius 3 is 2.90 bits per heavy atom. The largest absolute Gasteiger partial charge is 0.435 e. The van der Waals surface area contributed by atoms with Gasteiger partial charge < -0.3 is 10.1 Å². The van der Waals surface area contributed by atoms with Gasteiger partial charge in [-0.2, -0.15) is 14.0 Å². The molecule has 1 aromatic carbocycles. The molecule has 102 valence electrons. The molecular formula is C14H11F2N3O. The van der Waals surface area contributed by atoms with Gasteiger partial charge in [0, 0.05) is 12.7 Å². The van der Waals surface area contributed by atoms with Gasteiger partial charge in [0.1, 0.15) is 11.6 Å². The van der Waals surface area contributed by atoms with Gasteiger partial charge in [0.05, 0.1) is 11.6 Å². The van der Waals surface area contributed by atoms with Crippen molar-refractivity contribution in [1.82, 2.24) is 4.98 Å². The lowest BCUT2D eigenvalue weighted by Crippen LogP contribution is -2.04. The SMILES string of the molecule is N#Cc1ccnc(NCc2cccc(OC(F)F)c2)c1. The summed E-state index contributed by atoms with van der Waals surface area (Å²) in [5, 5.41) is 11.8. The standard InChI is InChI=1S/C14H11F2N3O/c15-14(16)20-12-3-1-2-11(6-12)9-19-13-7-10(8-17)4-5-18-13/h1-7,14H,9H2,(H,18,19). The van der Waals surface area contributed by atoms with Crippen LogP contribution in [0.1, 0.15) is 11.1 Å². The summed E-state index contributed by atoms with van der Waals surface area (Å²) < 4.78 is 28.5. The summed E-state index contributed by atoms with van der Waals surface area (Å²) in [7, 11) is 0. The smallest absolute Gasteiger partial charge is 0.387 e. The van der Waals surface area contributed by atoms with E-state index in [-0.39, 0.29) is 5.75 Å². The Morgan fingerprint density at radius 2 is 2.15 bits per heavy atom. The molecule has 0 aliphatic heterocycles. The number of halogens is 2. The minimum atomic E-state index is -2.84. The summed E-state index contributed by atoms with van der Waals surface area (Å²) in [5.41, 5.74) is 1.27. The van der Waals surface area contributed by atoms with E-state index in [1.165, 1.54) is 18.3 Å². The zero-order chi connectivity index (χ0) is 14.4. The number of anilines is 1. The minimum absolute atomic E-state index is 0.109. The summed E-state index contributed by atoms with van der Waals surface area (Å²) in [6, 6.07) is 11.6. The van der Waals surface area contributed by atoms with Crippen molar-refractivity contribution in [1.29, 1.82) is 5.26 Å². The Hall–Kier alpha value is -2.68. The molecule has 0 aliphatic rings. The number of nitrogens with zero attached hydrogens (tertiary/aromatic N) is 2. The molecule has 1 heterocycles. The van der Waals surface area contributed by atoms with Crippen LogP contribution in [0.15, 0.2) is 42.6 Å². The summed E-state index contributed by atoms with van der Waals surface area (Å²) in [6.07, 6.45) is 1.53. The van der Waals surface area contributed by atoms with Crippen LogP contribution >= 0.6 is 0 Å². The molecule has 0 radical (unpaired) electrons. The van der Waals surface area contributed by atoms with E-state index in [0.717, 1.165) is 5.56 Å². The van der Waals surface area contributed by atoms with E-state index in [2.05, 4.69) is 15.0 Å². The van der Waals surface area contributed by atoms with Gasteiger partial charge in [-0.25, -0.2) is 4.98 Å². The molecule has 4 nitrogen and oxygen atoms in total. The van der Waals surface area contributed by atoms with E-state index in [4.69, 9.17) is 5.26 Å². The normalized spacial score (nSPS) is 10.1. The topological polar surface area (TPSA) is 57.9 Å². The van der Waals surface area contributed by atoms with Gasteiger partial charge in [0.2, 0.25) is 0 Å². The fourth-order valence-corrected chi connectivity index (χ4v) is 1.62. The van der Waals surface area contributed by atoms with E-state index in [9.17, 15) is 8.78 Å². The summed E-state index contributed by atoms with van der Waals surface area (Å²) in [6.45, 7) is -2.45. The minimum Gasteiger partial charge on any atom is -0.435 e. The Kier molecular flexibility index (Phi) is 4.45. The molecule has 6 heteroatoms. The van der Waals surface area contributed by atoms with Crippen molar-refractivity contribution >= 4 is 5.82 Å². The van der Waals surface area contributed by atoms with Crippen LogP contribution in [0.25, 0.3) is 0 Å². The molecule has 1 aromatic heterocycles. The molecule has 2 rings (SSSR count). The van der Waals surface area contributed by atoms with Crippen LogP contribution in [0.5, 0.6) is 5.75 Å². The van der Waals surface area contributed by atoms with Gasteiger partial charge in [-0.1, -0.05) is 12.1 Å². The Labute approximate surface area is 114 Å². The molecule has 0 bridgehead atoms. The lowest BCUT2D eigenvalue weighted by atomic mass is 10.2. The highest BCUT2D eigenvalue weighted by Gasteiger charge is 2.04. The maximum absolute atomic E-state index is 12.1. The predicted octanol–water partition coefficient (Wildman–Crippen LogP) is 3.17. The molecular weight excluding hydrogens is 264 g/mol. The van der Waals surface area contributed by atoms with Crippen LogP contribution < -0.4 is 10.1 Å². The van der Waals surface area contributed by atoms with E-state index in [1.807, 2.05) is 6.07 Å². The number of nitrogens with one attached hydrogen (secondary N) is 1. The van der Waals surface area contributed by atoms with Crippen LogP contribution in [0.3, 0.4) is 0 Å². The molecule has 0 spiro atoms. The van der Waals surface area contributed by atoms with Gasteiger partial charge in [-0.3, -0.25) is 0 Å². The van der Waals surface area contributed by atoms with Gasteiger partial charge in [-0.05, 0) is 29.8 Å². The molecule has 0 saturated heterocycles. The third-order valence-corrected chi connectivity index (χ3v) is 2.49. The highest BCUT2D eigenvalue weighted by Crippen LogP contribution is 2.17. The number of pyridine rings is 1. The molecule has 0 unspecified atom stereocenters. The lowest BCUT2D eigenvalue weighted by Gasteiger charge is -2.08. The van der Waals surface area contributed by atoms with Crippen molar-refractivity contribution in [2.75, 3.05) is 5.32 Å². The van der Waals surface area contributed by atoms with Gasteiger partial charge in [0.15, 0.2) is 0 Å². The highest BCUT2D eigenvalue weighted by molar-refractivity contribution is 5.43. The number of alkyl halides is 2. The van der Waals surface area contributed by atoms with Crippen molar-refractivity contribution in [3.63, 3.8) is 0 Å². The number of rotatable bonds is 5. The molecule has 0 aliphatic carbocycles. The van der Waals surface area contributed by atoms with E-state index >= 15 is 0 Å². The quantitative estimate of drug-likeness (QED) is 0.910. The number of hydrogen-bond donors (Lipinski definition) is 1. The number of ether oxygens (including phenoxy) is 1. The number of nitriles is 1. The third kappa shape index (κ3) is 3.92. The van der Waals surface area contributed by atoms with Crippen LogP contribution in [0.2, 0.25) is 0 Å². The maximum Gasteiger partial charge on any atom is 0.387 e. The first-order chi connectivity index (χ1) is 9.67. The summed E-state index contributed by atoms with van der Waals surface area (Å²) in [5.74, 6) is 0.655. The van der Waals surface area contributed by atoms with E-state index in [0.29, 0.717) is 17.9 Å². The molecule has 2 aromatic rings. The molecule has 1 N–H and O–H groups in total. The summed E-state index contributed by atoms with van der Waals surface area (Å²) >= 11 is 0. The first-order valence-corrected chi connectivity index (χ1v) is 5.81. The Morgan fingerprint density at radius 1 is 1.30 bits per heavy atom. The third-order valence-electron chi connectivity index (χ3n) is 2.49. The van der Waals surface area contributed by atoms with Crippen LogP contribution in [0, 0.1) is 11.3 Å². The Balaban J connectivity index is 2.01. The van der Waals surface area contributed by atoms with E-state index in [1.54, 1.807) is 24.3 Å². The number of hydrogen-bond acceptors (Lipinski definition) is 4. The van der Waals surface area contributed by atoms with Crippen LogP contribution in [0.4, 0.5) is 14.6 Å². The first kappa shape index (κ1) is 13.7. The van der Waals surface area contributed by atoms with Crippen molar-refractivity contribution in [3.8, 4) is 11.8 Å². The van der Waals surface area contributed by atoms with Gasteiger partial charge in [-0.15, -0.1) is 0 Å². The second kappa shape index (κ2) is 6.48. The Bertz CT molecular complexity index is 626. The fourth-order valence-electron chi connectivity index (χ4n) is 1.62. The van der Waals surface area contributed by atoms with Crippen LogP contribution in [-0.4, -0.2) is 11.6 Å². The van der Waals surface area contributed by atoms with Gasteiger partial charge >= 0.3 is 6.61 Å². The van der Waals surface area contributed by atoms with Crippen molar-refractivity contribution < 1.29 is 13.5 Å². The molecule has 0 amide bonds. The van der Waals surface area contributed by atoms with Crippen LogP contribution in [-0.2, 0) is 6.54 Å². The van der Waals surface area contributed by atoms with Crippen molar-refractivity contribution in [3.05, 3.63) is 53.7 Å². The number of aromatic nitrogens is 1. The molecule has 0 atom stereocenters. The molecule has 20 heavy (non-hydrogen) atoms. The zero-order valence-electron chi connectivity index (χ0n) is 10.4. The monoisotopic (exact) mass is 275 g/mol. The average molecular weight is 275 g/mol. The average Bonchev–Trinajstić information content (AvgIpc) is 2.45. The van der Waals surface area contributed by atoms with E-state index < -0.39 is 6.61 Å². The van der Waals surface area contributed by atoms with Gasteiger partial charge in [0.25, 0.3) is 0 Å². The molecule has 0 fully saturated rings. The predicted molar refractivity (Wildman–Crippen MR) is 69.4 cm³/mol. The second-order valence-corrected chi connectivity index (χ2v) is 3.92. The molecule has 0 saturated carbocycles. The highest BCUT2D eigenvalue weighted by atomic mass is 19.3. The lowest BCUT2D eigenvalue weighted by molar-refractivity contribution is -0.0498. The zero-order valence-corrected chi connectivity index (χ0v) is 10.4. The summed E-state index contributed by atoms with van der Waals surface area (Å²) in [4.78, 5) is 4.06. The maximum atomic E-state index is 12.1. The second-order valence-electron chi connectivity index (χ2n) is 3.92.